The molecule has 2 aromatic rings. The molecule has 1 fully saturated rings. The van der Waals surface area contributed by atoms with Crippen LogP contribution in [-0.2, 0) is 9.84 Å². The first-order valence-electron chi connectivity index (χ1n) is 7.42. The summed E-state index contributed by atoms with van der Waals surface area (Å²) in [5.41, 5.74) is 0. The van der Waals surface area contributed by atoms with Crippen LogP contribution >= 0.6 is 23.7 Å². The summed E-state index contributed by atoms with van der Waals surface area (Å²) in [7, 11) is -3.56. The minimum absolute atomic E-state index is 0. The van der Waals surface area contributed by atoms with Gasteiger partial charge in [0.1, 0.15) is 4.21 Å². The van der Waals surface area contributed by atoms with E-state index >= 15 is 0 Å². The van der Waals surface area contributed by atoms with Crippen molar-refractivity contribution in [2.45, 2.75) is 22.1 Å². The van der Waals surface area contributed by atoms with Crippen molar-refractivity contribution < 1.29 is 13.2 Å². The van der Waals surface area contributed by atoms with Crippen LogP contribution in [-0.4, -0.2) is 44.9 Å². The molecule has 0 bridgehead atoms. The number of carbonyl (C=O) groups excluding carboxylic acids is 1. The van der Waals surface area contributed by atoms with Crippen LogP contribution in [0.5, 0.6) is 0 Å². The number of nitrogens with one attached hydrogen (secondary N) is 1. The molecule has 1 aromatic heterocycles. The number of hydrogen-bond donors (Lipinski definition) is 1. The minimum atomic E-state index is -3.56. The second-order valence-electron chi connectivity index (χ2n) is 5.49. The molecule has 1 N–H and O–H groups in total. The monoisotopic (exact) mass is 386 g/mol. The summed E-state index contributed by atoms with van der Waals surface area (Å²) in [5, 5.41) is 3.24. The zero-order chi connectivity index (χ0) is 16.4. The van der Waals surface area contributed by atoms with Crippen molar-refractivity contribution in [2.75, 3.05) is 19.6 Å². The zero-order valence-corrected chi connectivity index (χ0v) is 15.6. The van der Waals surface area contributed by atoms with Crippen LogP contribution in [0.25, 0.3) is 0 Å². The molecule has 1 atom stereocenters. The SMILES string of the molecule is CC1CNCCN1C(=O)c1ccc(S(=O)(=O)c2ccccc2)s1.Cl. The lowest BCUT2D eigenvalue weighted by molar-refractivity contribution is 0.0661. The molecule has 24 heavy (non-hydrogen) atoms. The Bertz CT molecular complexity index is 806. The highest BCUT2D eigenvalue weighted by atomic mass is 35.5. The van der Waals surface area contributed by atoms with Crippen LogP contribution < -0.4 is 5.32 Å². The number of nitrogens with zero attached hydrogens (tertiary/aromatic N) is 1. The Morgan fingerprint density at radius 1 is 1.21 bits per heavy atom. The van der Waals surface area contributed by atoms with Crippen molar-refractivity contribution in [3.8, 4) is 0 Å². The van der Waals surface area contributed by atoms with Crippen LogP contribution in [0.3, 0.4) is 0 Å². The predicted molar refractivity (Wildman–Crippen MR) is 96.8 cm³/mol. The molecule has 1 aliphatic rings. The lowest BCUT2D eigenvalue weighted by atomic mass is 10.2. The third kappa shape index (κ3) is 3.64. The van der Waals surface area contributed by atoms with E-state index in [4.69, 9.17) is 0 Å². The second-order valence-corrected chi connectivity index (χ2v) is 8.75. The summed E-state index contributed by atoms with van der Waals surface area (Å²) in [6, 6.07) is 11.5. The Hall–Kier alpha value is -1.41. The maximum Gasteiger partial charge on any atom is 0.264 e. The van der Waals surface area contributed by atoms with Crippen LogP contribution in [0.2, 0.25) is 0 Å². The van der Waals surface area contributed by atoms with Gasteiger partial charge in [0.05, 0.1) is 9.77 Å². The quantitative estimate of drug-likeness (QED) is 0.879. The van der Waals surface area contributed by atoms with Gasteiger partial charge in [0.15, 0.2) is 0 Å². The number of halogens is 1. The van der Waals surface area contributed by atoms with Gasteiger partial charge in [0.25, 0.3) is 5.91 Å². The van der Waals surface area contributed by atoms with E-state index in [0.29, 0.717) is 11.4 Å². The van der Waals surface area contributed by atoms with Gasteiger partial charge >= 0.3 is 0 Å². The first kappa shape index (κ1) is 18.9. The van der Waals surface area contributed by atoms with E-state index in [1.54, 1.807) is 41.3 Å². The third-order valence-corrected chi connectivity index (χ3v) is 7.21. The smallest absolute Gasteiger partial charge is 0.264 e. The molecule has 1 amide bonds. The zero-order valence-electron chi connectivity index (χ0n) is 13.1. The number of carbonyl (C=O) groups is 1. The van der Waals surface area contributed by atoms with Crippen LogP contribution in [0.15, 0.2) is 51.6 Å². The Morgan fingerprint density at radius 2 is 1.92 bits per heavy atom. The Morgan fingerprint density at radius 3 is 2.58 bits per heavy atom. The third-order valence-electron chi connectivity index (χ3n) is 3.87. The van der Waals surface area contributed by atoms with Gasteiger partial charge in [-0.1, -0.05) is 18.2 Å². The molecule has 0 radical (unpaired) electrons. The summed E-state index contributed by atoms with van der Waals surface area (Å²) in [4.78, 5) is 15.1. The molecule has 1 aromatic carbocycles. The van der Waals surface area contributed by atoms with Gasteiger partial charge in [0, 0.05) is 25.7 Å². The average molecular weight is 387 g/mol. The highest BCUT2D eigenvalue weighted by Crippen LogP contribution is 2.28. The van der Waals surface area contributed by atoms with E-state index in [1.165, 1.54) is 6.07 Å². The normalized spacial score (nSPS) is 18.0. The van der Waals surface area contributed by atoms with Crippen molar-refractivity contribution >= 4 is 39.5 Å². The van der Waals surface area contributed by atoms with Gasteiger partial charge in [-0.15, -0.1) is 23.7 Å². The van der Waals surface area contributed by atoms with E-state index in [9.17, 15) is 13.2 Å². The van der Waals surface area contributed by atoms with Crippen molar-refractivity contribution in [3.05, 3.63) is 47.3 Å². The van der Waals surface area contributed by atoms with Crippen LogP contribution in [0, 0.1) is 0 Å². The molecule has 2 heterocycles. The summed E-state index contributed by atoms with van der Waals surface area (Å²) in [5.74, 6) is -0.0986. The Kier molecular flexibility index (Phi) is 6.03. The highest BCUT2D eigenvalue weighted by molar-refractivity contribution is 7.93. The highest BCUT2D eigenvalue weighted by Gasteiger charge is 2.27. The second kappa shape index (κ2) is 7.65. The number of thiophene rings is 1. The molecule has 1 aliphatic heterocycles. The van der Waals surface area contributed by atoms with Crippen molar-refractivity contribution in [2.24, 2.45) is 0 Å². The summed E-state index contributed by atoms with van der Waals surface area (Å²) < 4.78 is 25.4. The number of piperazine rings is 1. The largest absolute Gasteiger partial charge is 0.333 e. The number of hydrogen-bond acceptors (Lipinski definition) is 5. The number of amides is 1. The first-order valence-corrected chi connectivity index (χ1v) is 9.72. The van der Waals surface area contributed by atoms with E-state index < -0.39 is 9.84 Å². The van der Waals surface area contributed by atoms with Crippen molar-refractivity contribution in [3.63, 3.8) is 0 Å². The van der Waals surface area contributed by atoms with E-state index in [2.05, 4.69) is 5.32 Å². The van der Waals surface area contributed by atoms with Gasteiger partial charge < -0.3 is 10.2 Å². The van der Waals surface area contributed by atoms with Crippen LogP contribution in [0.4, 0.5) is 0 Å². The van der Waals surface area contributed by atoms with E-state index in [0.717, 1.165) is 24.4 Å². The Labute approximate surface area is 152 Å². The molecule has 1 saturated heterocycles. The van der Waals surface area contributed by atoms with Gasteiger partial charge in [0.2, 0.25) is 9.84 Å². The summed E-state index contributed by atoms with van der Waals surface area (Å²) in [6.07, 6.45) is 0. The Balaban J connectivity index is 0.00000208. The van der Waals surface area contributed by atoms with Crippen LogP contribution in [0.1, 0.15) is 16.6 Å². The molecular formula is C16H19ClN2O3S2. The first-order chi connectivity index (χ1) is 11.0. The molecular weight excluding hydrogens is 368 g/mol. The molecule has 5 nitrogen and oxygen atoms in total. The maximum absolute atomic E-state index is 12.6. The molecule has 1 unspecified atom stereocenters. The van der Waals surface area contributed by atoms with Crippen molar-refractivity contribution in [1.29, 1.82) is 0 Å². The fourth-order valence-electron chi connectivity index (χ4n) is 2.58. The molecule has 0 aliphatic carbocycles. The number of rotatable bonds is 3. The number of sulfone groups is 1. The number of benzene rings is 1. The van der Waals surface area contributed by atoms with Gasteiger partial charge in [-0.2, -0.15) is 0 Å². The van der Waals surface area contributed by atoms with Crippen molar-refractivity contribution in [1.82, 2.24) is 10.2 Å². The fraction of sp³-hybridized carbons (Fsp3) is 0.312. The minimum Gasteiger partial charge on any atom is -0.333 e. The fourth-order valence-corrected chi connectivity index (χ4v) is 5.26. The van der Waals surface area contributed by atoms with Gasteiger partial charge in [-0.05, 0) is 31.2 Å². The van der Waals surface area contributed by atoms with Gasteiger partial charge in [-0.3, -0.25) is 4.79 Å². The topological polar surface area (TPSA) is 66.5 Å². The molecule has 0 saturated carbocycles. The van der Waals surface area contributed by atoms with Gasteiger partial charge in [-0.25, -0.2) is 8.42 Å². The van der Waals surface area contributed by atoms with E-state index in [-0.39, 0.29) is 33.5 Å². The van der Waals surface area contributed by atoms with E-state index in [1.807, 2.05) is 6.92 Å². The molecule has 8 heteroatoms. The average Bonchev–Trinajstić information content (AvgIpc) is 3.06. The maximum atomic E-state index is 12.6. The predicted octanol–water partition coefficient (Wildman–Crippen LogP) is 2.44. The standard InChI is InChI=1S/C16H18N2O3S2.ClH/c1-12-11-17-9-10-18(12)16(19)14-7-8-15(22-14)23(20,21)13-5-3-2-4-6-13;/h2-8,12,17H,9-11H2,1H3;1H. The summed E-state index contributed by atoms with van der Waals surface area (Å²) >= 11 is 1.04. The lowest BCUT2D eigenvalue weighted by Crippen LogP contribution is -2.52. The molecule has 130 valence electrons. The molecule has 0 spiro atoms. The molecule has 3 rings (SSSR count). The lowest BCUT2D eigenvalue weighted by Gasteiger charge is -2.33. The summed E-state index contributed by atoms with van der Waals surface area (Å²) in [6.45, 7) is 4.14.